The van der Waals surface area contributed by atoms with E-state index in [4.69, 9.17) is 11.6 Å². The highest BCUT2D eigenvalue weighted by Crippen LogP contribution is 2.19. The summed E-state index contributed by atoms with van der Waals surface area (Å²) < 4.78 is 27.2. The Morgan fingerprint density at radius 1 is 1.17 bits per heavy atom. The lowest BCUT2D eigenvalue weighted by Gasteiger charge is -2.07. The number of hydrogen-bond acceptors (Lipinski definition) is 3. The summed E-state index contributed by atoms with van der Waals surface area (Å²) in [6.45, 7) is 0. The number of nitrogens with one attached hydrogen (secondary N) is 1. The third-order valence-electron chi connectivity index (χ3n) is 2.08. The molecule has 0 atom stereocenters. The van der Waals surface area contributed by atoms with E-state index in [2.05, 4.69) is 25.6 Å². The summed E-state index contributed by atoms with van der Waals surface area (Å²) in [5.41, 5.74) is 0.388. The molecular weight excluding hydrogens is 340 g/mol. The quantitative estimate of drug-likeness (QED) is 0.927. The van der Waals surface area contributed by atoms with E-state index in [9.17, 15) is 8.42 Å². The largest absolute Gasteiger partial charge is 0.278 e. The molecule has 0 unspecified atom stereocenters. The highest BCUT2D eigenvalue weighted by Gasteiger charge is 2.14. The zero-order valence-corrected chi connectivity index (χ0v) is 12.1. The molecule has 94 valence electrons. The minimum Gasteiger partial charge on any atom is -0.278 e. The minimum atomic E-state index is -3.62. The fraction of sp³-hybridized carbons (Fsp3) is 0. The average molecular weight is 348 g/mol. The van der Waals surface area contributed by atoms with Gasteiger partial charge in [-0.1, -0.05) is 11.6 Å². The lowest BCUT2D eigenvalue weighted by Crippen LogP contribution is -2.12. The van der Waals surface area contributed by atoms with Crippen LogP contribution in [0.1, 0.15) is 0 Å². The van der Waals surface area contributed by atoms with Crippen molar-refractivity contribution in [1.82, 2.24) is 4.98 Å². The lowest BCUT2D eigenvalue weighted by molar-refractivity contribution is 0.601. The molecule has 0 amide bonds. The van der Waals surface area contributed by atoms with Gasteiger partial charge in [0.05, 0.1) is 16.8 Å². The van der Waals surface area contributed by atoms with Crippen LogP contribution in [0.5, 0.6) is 0 Å². The normalized spacial score (nSPS) is 11.2. The summed E-state index contributed by atoms with van der Waals surface area (Å²) in [5.74, 6) is 0. The Kier molecular flexibility index (Phi) is 3.89. The van der Waals surface area contributed by atoms with E-state index in [1.165, 1.54) is 30.5 Å². The van der Waals surface area contributed by atoms with Gasteiger partial charge in [0, 0.05) is 15.7 Å². The van der Waals surface area contributed by atoms with Gasteiger partial charge in [0.25, 0.3) is 10.0 Å². The lowest BCUT2D eigenvalue weighted by atomic mass is 10.4. The monoisotopic (exact) mass is 346 g/mol. The van der Waals surface area contributed by atoms with Crippen molar-refractivity contribution in [2.75, 3.05) is 4.72 Å². The molecule has 0 aliphatic carbocycles. The molecule has 1 heterocycles. The molecule has 1 N–H and O–H groups in total. The Hall–Kier alpha value is -1.11. The zero-order valence-electron chi connectivity index (χ0n) is 8.97. The number of aromatic nitrogens is 1. The van der Waals surface area contributed by atoms with Crippen molar-refractivity contribution in [3.05, 3.63) is 52.2 Å². The maximum absolute atomic E-state index is 12.0. The Bertz CT molecular complexity index is 659. The van der Waals surface area contributed by atoms with Crippen molar-refractivity contribution in [2.24, 2.45) is 0 Å². The fourth-order valence-corrected chi connectivity index (χ4v) is 2.82. The average Bonchev–Trinajstić information content (AvgIpc) is 2.29. The molecule has 2 rings (SSSR count). The molecule has 2 aromatic rings. The number of benzene rings is 1. The molecule has 1 aromatic heterocycles. The van der Waals surface area contributed by atoms with Crippen LogP contribution in [0.2, 0.25) is 5.02 Å². The number of sulfonamides is 1. The van der Waals surface area contributed by atoms with Crippen LogP contribution in [0.25, 0.3) is 0 Å². The molecule has 1 aromatic carbocycles. The molecular formula is C11H8BrClN2O2S. The number of hydrogen-bond donors (Lipinski definition) is 1. The number of pyridine rings is 1. The van der Waals surface area contributed by atoms with Crippen molar-refractivity contribution < 1.29 is 8.42 Å². The molecule has 0 aliphatic heterocycles. The standard InChI is InChI=1S/C11H8BrClN2O2S/c12-8-5-10(7-14-6-8)15-18(16,17)11-3-1-9(13)2-4-11/h1-7,15H. The molecule has 18 heavy (non-hydrogen) atoms. The van der Waals surface area contributed by atoms with Crippen LogP contribution in [0.3, 0.4) is 0 Å². The number of nitrogens with zero attached hydrogens (tertiary/aromatic N) is 1. The Balaban J connectivity index is 2.30. The first-order valence-electron chi connectivity index (χ1n) is 4.86. The van der Waals surface area contributed by atoms with Gasteiger partial charge in [-0.25, -0.2) is 8.42 Å². The zero-order chi connectivity index (χ0) is 13.2. The minimum absolute atomic E-state index is 0.145. The summed E-state index contributed by atoms with van der Waals surface area (Å²) >= 11 is 8.93. The highest BCUT2D eigenvalue weighted by molar-refractivity contribution is 9.10. The SMILES string of the molecule is O=S(=O)(Nc1cncc(Br)c1)c1ccc(Cl)cc1. The van der Waals surface area contributed by atoms with Gasteiger partial charge in [-0.2, -0.15) is 0 Å². The van der Waals surface area contributed by atoms with E-state index in [1.807, 2.05) is 0 Å². The number of halogens is 2. The predicted octanol–water partition coefficient (Wildman–Crippen LogP) is 3.30. The van der Waals surface area contributed by atoms with Gasteiger partial charge in [0.15, 0.2) is 0 Å². The smallest absolute Gasteiger partial charge is 0.261 e. The summed E-state index contributed by atoms with van der Waals surface area (Å²) in [6.07, 6.45) is 3.00. The van der Waals surface area contributed by atoms with Crippen molar-refractivity contribution in [1.29, 1.82) is 0 Å². The van der Waals surface area contributed by atoms with Crippen molar-refractivity contribution in [2.45, 2.75) is 4.90 Å². The molecule has 0 aliphatic rings. The molecule has 0 bridgehead atoms. The van der Waals surface area contributed by atoms with Gasteiger partial charge in [-0.05, 0) is 46.3 Å². The van der Waals surface area contributed by atoms with E-state index in [1.54, 1.807) is 12.3 Å². The van der Waals surface area contributed by atoms with Crippen molar-refractivity contribution in [3.8, 4) is 0 Å². The van der Waals surface area contributed by atoms with E-state index in [-0.39, 0.29) is 4.90 Å². The van der Waals surface area contributed by atoms with Crippen LogP contribution >= 0.6 is 27.5 Å². The van der Waals surface area contributed by atoms with Crippen LogP contribution in [-0.2, 0) is 10.0 Å². The van der Waals surface area contributed by atoms with E-state index >= 15 is 0 Å². The second-order valence-corrected chi connectivity index (χ2v) is 6.49. The van der Waals surface area contributed by atoms with Crippen LogP contribution in [0.15, 0.2) is 52.1 Å². The summed E-state index contributed by atoms with van der Waals surface area (Å²) in [4.78, 5) is 4.03. The van der Waals surface area contributed by atoms with Gasteiger partial charge >= 0.3 is 0 Å². The topological polar surface area (TPSA) is 59.1 Å². The number of anilines is 1. The van der Waals surface area contributed by atoms with E-state index in [0.717, 1.165) is 0 Å². The first-order valence-corrected chi connectivity index (χ1v) is 7.52. The fourth-order valence-electron chi connectivity index (χ4n) is 1.30. The molecule has 0 spiro atoms. The van der Waals surface area contributed by atoms with Crippen LogP contribution in [-0.4, -0.2) is 13.4 Å². The maximum Gasteiger partial charge on any atom is 0.261 e. The van der Waals surface area contributed by atoms with Crippen LogP contribution in [0, 0.1) is 0 Å². The predicted molar refractivity (Wildman–Crippen MR) is 74.2 cm³/mol. The van der Waals surface area contributed by atoms with Gasteiger partial charge in [-0.15, -0.1) is 0 Å². The second-order valence-electron chi connectivity index (χ2n) is 3.45. The van der Waals surface area contributed by atoms with Gasteiger partial charge in [-0.3, -0.25) is 9.71 Å². The maximum atomic E-state index is 12.0. The first-order chi connectivity index (χ1) is 8.47. The molecule has 7 heteroatoms. The van der Waals surface area contributed by atoms with Crippen molar-refractivity contribution >= 4 is 43.2 Å². The van der Waals surface area contributed by atoms with Crippen molar-refractivity contribution in [3.63, 3.8) is 0 Å². The molecule has 0 fully saturated rings. The second kappa shape index (κ2) is 5.26. The third kappa shape index (κ3) is 3.22. The molecule has 0 saturated heterocycles. The first kappa shape index (κ1) is 13.3. The summed E-state index contributed by atoms with van der Waals surface area (Å²) in [5, 5.41) is 0.484. The number of rotatable bonds is 3. The Labute approximate surface area is 118 Å². The van der Waals surface area contributed by atoms with E-state index in [0.29, 0.717) is 15.2 Å². The highest BCUT2D eigenvalue weighted by atomic mass is 79.9. The van der Waals surface area contributed by atoms with E-state index < -0.39 is 10.0 Å². The molecule has 4 nitrogen and oxygen atoms in total. The van der Waals surface area contributed by atoms with Crippen LogP contribution < -0.4 is 4.72 Å². The summed E-state index contributed by atoms with van der Waals surface area (Å²) in [6, 6.07) is 7.55. The Morgan fingerprint density at radius 2 is 1.83 bits per heavy atom. The van der Waals surface area contributed by atoms with Gasteiger partial charge in [0.2, 0.25) is 0 Å². The van der Waals surface area contributed by atoms with Gasteiger partial charge < -0.3 is 0 Å². The van der Waals surface area contributed by atoms with Gasteiger partial charge in [0.1, 0.15) is 0 Å². The molecule has 0 radical (unpaired) electrons. The van der Waals surface area contributed by atoms with Crippen LogP contribution in [0.4, 0.5) is 5.69 Å². The summed E-state index contributed by atoms with van der Waals surface area (Å²) in [7, 11) is -3.62. The molecule has 0 saturated carbocycles. The third-order valence-corrected chi connectivity index (χ3v) is 4.16. The Morgan fingerprint density at radius 3 is 2.44 bits per heavy atom.